The van der Waals surface area contributed by atoms with Gasteiger partial charge in [-0.1, -0.05) is 36.7 Å². The van der Waals surface area contributed by atoms with E-state index < -0.39 is 0 Å². The zero-order chi connectivity index (χ0) is 15.7. The number of rotatable bonds is 3. The van der Waals surface area contributed by atoms with Gasteiger partial charge in [0.15, 0.2) is 0 Å². The number of anilines is 2. The molecule has 2 nitrogen and oxygen atoms in total. The third-order valence-corrected chi connectivity index (χ3v) is 4.06. The van der Waals surface area contributed by atoms with E-state index in [1.54, 1.807) is 6.07 Å². The van der Waals surface area contributed by atoms with E-state index in [2.05, 4.69) is 10.3 Å². The largest absolute Gasteiger partial charge is 0.338 e. The molecule has 3 aromatic rings. The van der Waals surface area contributed by atoms with Gasteiger partial charge in [0, 0.05) is 5.39 Å². The summed E-state index contributed by atoms with van der Waals surface area (Å²) >= 11 is 6.30. The lowest BCUT2D eigenvalue weighted by molar-refractivity contribution is 0.631. The Bertz CT molecular complexity index is 846. The number of aryl methyl sites for hydroxylation is 1. The summed E-state index contributed by atoms with van der Waals surface area (Å²) in [6.45, 7) is 3.81. The van der Waals surface area contributed by atoms with Gasteiger partial charge in [-0.3, -0.25) is 0 Å². The van der Waals surface area contributed by atoms with Crippen LogP contribution in [0.15, 0.2) is 42.5 Å². The molecule has 1 aromatic heterocycles. The summed E-state index contributed by atoms with van der Waals surface area (Å²) in [6, 6.07) is 12.7. The van der Waals surface area contributed by atoms with E-state index >= 15 is 0 Å². The van der Waals surface area contributed by atoms with E-state index in [1.807, 2.05) is 50.6 Å². The molecule has 0 saturated carbocycles. The van der Waals surface area contributed by atoms with Gasteiger partial charge in [-0.05, 0) is 48.7 Å². The van der Waals surface area contributed by atoms with Crippen molar-refractivity contribution in [1.82, 2.24) is 4.98 Å². The first-order valence-electron chi connectivity index (χ1n) is 7.00. The van der Waals surface area contributed by atoms with E-state index in [0.717, 1.165) is 16.5 Å². The Morgan fingerprint density at radius 3 is 2.64 bits per heavy atom. The van der Waals surface area contributed by atoms with Crippen LogP contribution in [0, 0.1) is 19.2 Å². The molecule has 0 unspecified atom stereocenters. The first-order valence-corrected chi connectivity index (χ1v) is 7.38. The Morgan fingerprint density at radius 2 is 1.91 bits per heavy atom. The van der Waals surface area contributed by atoms with Crippen LogP contribution in [-0.4, -0.2) is 4.98 Å². The number of aromatic nitrogens is 1. The van der Waals surface area contributed by atoms with Crippen LogP contribution in [0.2, 0.25) is 5.02 Å². The van der Waals surface area contributed by atoms with Crippen LogP contribution < -0.4 is 5.32 Å². The number of pyridine rings is 1. The molecule has 0 fully saturated rings. The minimum atomic E-state index is -0.312. The summed E-state index contributed by atoms with van der Waals surface area (Å²) in [5.74, 6) is 0.250. The van der Waals surface area contributed by atoms with E-state index in [-0.39, 0.29) is 5.82 Å². The zero-order valence-electron chi connectivity index (χ0n) is 12.3. The van der Waals surface area contributed by atoms with Gasteiger partial charge in [-0.2, -0.15) is 0 Å². The fraction of sp³-hybridized carbons (Fsp3) is 0.111. The van der Waals surface area contributed by atoms with Crippen molar-refractivity contribution in [2.24, 2.45) is 0 Å². The third-order valence-electron chi connectivity index (χ3n) is 3.58. The molecule has 0 aliphatic heterocycles. The van der Waals surface area contributed by atoms with E-state index in [9.17, 15) is 4.39 Å². The second kappa shape index (κ2) is 5.93. The van der Waals surface area contributed by atoms with Crippen molar-refractivity contribution in [3.63, 3.8) is 0 Å². The molecule has 2 aromatic carbocycles. The second-order valence-corrected chi connectivity index (χ2v) is 5.50. The highest BCUT2D eigenvalue weighted by molar-refractivity contribution is 6.35. The number of nitrogens with one attached hydrogen (secondary N) is 1. The van der Waals surface area contributed by atoms with Crippen LogP contribution in [0.25, 0.3) is 10.9 Å². The molecule has 22 heavy (non-hydrogen) atoms. The maximum atomic E-state index is 14.0. The second-order valence-electron chi connectivity index (χ2n) is 5.12. The maximum absolute atomic E-state index is 14.0. The quantitative estimate of drug-likeness (QED) is 0.675. The Labute approximate surface area is 134 Å². The lowest BCUT2D eigenvalue weighted by Crippen LogP contribution is -1.97. The normalized spacial score (nSPS) is 10.9. The van der Waals surface area contributed by atoms with Crippen molar-refractivity contribution < 1.29 is 4.39 Å². The predicted molar refractivity (Wildman–Crippen MR) is 90.2 cm³/mol. The van der Waals surface area contributed by atoms with Gasteiger partial charge in [-0.25, -0.2) is 9.37 Å². The number of fused-ring (bicyclic) bond motifs is 1. The number of halogens is 2. The first-order chi connectivity index (χ1) is 10.6. The summed E-state index contributed by atoms with van der Waals surface area (Å²) in [5, 5.41) is 4.58. The summed E-state index contributed by atoms with van der Waals surface area (Å²) < 4.78 is 14.0. The topological polar surface area (TPSA) is 24.9 Å². The number of benzene rings is 2. The highest BCUT2D eigenvalue weighted by atomic mass is 35.5. The van der Waals surface area contributed by atoms with Crippen molar-refractivity contribution >= 4 is 34.0 Å². The van der Waals surface area contributed by atoms with Crippen molar-refractivity contribution in [3.8, 4) is 0 Å². The molecule has 1 heterocycles. The van der Waals surface area contributed by atoms with Gasteiger partial charge in [0.25, 0.3) is 0 Å². The van der Waals surface area contributed by atoms with Crippen molar-refractivity contribution in [2.75, 3.05) is 5.32 Å². The molecular formula is C18H15ClFN2. The molecule has 1 N–H and O–H groups in total. The van der Waals surface area contributed by atoms with Gasteiger partial charge in [-0.15, -0.1) is 0 Å². The Morgan fingerprint density at radius 1 is 1.14 bits per heavy atom. The third kappa shape index (κ3) is 2.77. The van der Waals surface area contributed by atoms with Crippen molar-refractivity contribution in [1.29, 1.82) is 0 Å². The molecular weight excluding hydrogens is 299 g/mol. The zero-order valence-corrected chi connectivity index (χ0v) is 13.1. The summed E-state index contributed by atoms with van der Waals surface area (Å²) in [7, 11) is 0. The van der Waals surface area contributed by atoms with Crippen LogP contribution in [0.3, 0.4) is 0 Å². The standard InChI is InChI=1S/C18H15ClFN2/c1-3-12-5-8-15(14(20)10-12)21-16-9-7-13-6-4-11(2)17(19)18(13)22-16/h3-10H,1-2H3,(H,21,22). The van der Waals surface area contributed by atoms with Gasteiger partial charge in [0.2, 0.25) is 0 Å². The minimum Gasteiger partial charge on any atom is -0.338 e. The molecule has 0 atom stereocenters. The van der Waals surface area contributed by atoms with Crippen molar-refractivity contribution in [3.05, 3.63) is 70.9 Å². The molecule has 0 amide bonds. The first kappa shape index (κ1) is 14.8. The smallest absolute Gasteiger partial charge is 0.146 e. The minimum absolute atomic E-state index is 0.312. The van der Waals surface area contributed by atoms with Crippen LogP contribution in [0.5, 0.6) is 0 Å². The average molecular weight is 314 g/mol. The van der Waals surface area contributed by atoms with E-state index in [1.165, 1.54) is 6.07 Å². The highest BCUT2D eigenvalue weighted by Gasteiger charge is 2.08. The van der Waals surface area contributed by atoms with Crippen LogP contribution in [0.4, 0.5) is 15.9 Å². The molecule has 3 rings (SSSR count). The average Bonchev–Trinajstić information content (AvgIpc) is 2.53. The molecule has 0 bridgehead atoms. The maximum Gasteiger partial charge on any atom is 0.146 e. The Kier molecular flexibility index (Phi) is 3.99. The van der Waals surface area contributed by atoms with Gasteiger partial charge in [0.05, 0.1) is 16.2 Å². The monoisotopic (exact) mass is 313 g/mol. The molecule has 1 radical (unpaired) electrons. The lowest BCUT2D eigenvalue weighted by Gasteiger charge is -2.10. The fourth-order valence-corrected chi connectivity index (χ4v) is 2.49. The Hall–Kier alpha value is -2.13. The predicted octanol–water partition coefficient (Wildman–Crippen LogP) is 5.65. The number of hydrogen-bond donors (Lipinski definition) is 1. The molecule has 0 aliphatic carbocycles. The van der Waals surface area contributed by atoms with Crippen LogP contribution >= 0.6 is 11.6 Å². The molecule has 4 heteroatoms. The van der Waals surface area contributed by atoms with Crippen LogP contribution in [-0.2, 0) is 0 Å². The van der Waals surface area contributed by atoms with E-state index in [0.29, 0.717) is 22.0 Å². The van der Waals surface area contributed by atoms with Gasteiger partial charge >= 0.3 is 0 Å². The van der Waals surface area contributed by atoms with E-state index in [4.69, 9.17) is 11.6 Å². The molecule has 0 aliphatic rings. The van der Waals surface area contributed by atoms with Gasteiger partial charge in [0.1, 0.15) is 11.6 Å². The van der Waals surface area contributed by atoms with Crippen molar-refractivity contribution in [2.45, 2.75) is 13.8 Å². The summed E-state index contributed by atoms with van der Waals surface area (Å²) in [5.41, 5.74) is 2.91. The number of hydrogen-bond acceptors (Lipinski definition) is 2. The van der Waals surface area contributed by atoms with Crippen LogP contribution in [0.1, 0.15) is 18.1 Å². The lowest BCUT2D eigenvalue weighted by atomic mass is 10.1. The Balaban J connectivity index is 1.99. The fourth-order valence-electron chi connectivity index (χ4n) is 2.27. The SMILES string of the molecule is C[CH]c1ccc(Nc2ccc3ccc(C)c(Cl)c3n2)c(F)c1. The highest BCUT2D eigenvalue weighted by Crippen LogP contribution is 2.28. The molecule has 0 spiro atoms. The molecule has 0 saturated heterocycles. The molecule has 111 valence electrons. The van der Waals surface area contributed by atoms with Gasteiger partial charge < -0.3 is 5.32 Å². The number of nitrogens with zero attached hydrogens (tertiary/aromatic N) is 1. The summed E-state index contributed by atoms with van der Waals surface area (Å²) in [6.07, 6.45) is 1.85. The summed E-state index contributed by atoms with van der Waals surface area (Å²) in [4.78, 5) is 4.50.